The molecule has 0 atom stereocenters. The number of hydrogen-bond donors (Lipinski definition) is 1. The molecule has 0 aliphatic rings. The van der Waals surface area contributed by atoms with E-state index < -0.39 is 0 Å². The molecule has 1 N–H and O–H groups in total. The molecule has 0 bridgehead atoms. The number of hydrogen-bond acceptors (Lipinski definition) is 2. The fraction of sp³-hybridized carbons (Fsp3) is 0.0833. The molecular weight excluding hydrogens is 476 g/mol. The van der Waals surface area contributed by atoms with Crippen LogP contribution in [-0.2, 0) is 6.54 Å². The molecule has 1 heterocycles. The molecule has 4 rings (SSSR count). The second-order valence-corrected chi connectivity index (χ2v) is 8.24. The molecular formula is C24H20BrClN4O. The van der Waals surface area contributed by atoms with Crippen LogP contribution in [0, 0.1) is 6.92 Å². The summed E-state index contributed by atoms with van der Waals surface area (Å²) in [6.45, 7) is 2.17. The molecule has 0 unspecified atom stereocenters. The van der Waals surface area contributed by atoms with Gasteiger partial charge < -0.3 is 5.32 Å². The number of carbonyl (C=O) groups is 1. The lowest BCUT2D eigenvalue weighted by Crippen LogP contribution is -2.34. The number of aryl methyl sites for hydroxylation is 1. The van der Waals surface area contributed by atoms with Gasteiger partial charge in [-0.25, -0.2) is 9.48 Å². The second kappa shape index (κ2) is 9.37. The van der Waals surface area contributed by atoms with Crippen LogP contribution in [-0.4, -0.2) is 15.8 Å². The lowest BCUT2D eigenvalue weighted by atomic mass is 10.2. The van der Waals surface area contributed by atoms with E-state index in [1.807, 2.05) is 91.9 Å². The fourth-order valence-corrected chi connectivity index (χ4v) is 3.97. The number of halogens is 2. The summed E-state index contributed by atoms with van der Waals surface area (Å²) in [5.41, 5.74) is 3.88. The Morgan fingerprint density at radius 3 is 2.39 bits per heavy atom. The second-order valence-electron chi connectivity index (χ2n) is 6.96. The summed E-state index contributed by atoms with van der Waals surface area (Å²) in [7, 11) is 0. The van der Waals surface area contributed by atoms with Crippen molar-refractivity contribution < 1.29 is 4.79 Å². The van der Waals surface area contributed by atoms with E-state index >= 15 is 0 Å². The van der Waals surface area contributed by atoms with Gasteiger partial charge in [-0.2, -0.15) is 5.10 Å². The zero-order valence-electron chi connectivity index (χ0n) is 16.8. The number of aromatic nitrogens is 2. The molecule has 3 aromatic carbocycles. The van der Waals surface area contributed by atoms with E-state index in [0.717, 1.165) is 32.8 Å². The number of anilines is 2. The topological polar surface area (TPSA) is 50.2 Å². The Hall–Kier alpha value is -3.09. The Bertz CT molecular complexity index is 1190. The first-order valence-corrected chi connectivity index (χ1v) is 10.9. The summed E-state index contributed by atoms with van der Waals surface area (Å²) < 4.78 is 2.57. The maximum atomic E-state index is 13.3. The summed E-state index contributed by atoms with van der Waals surface area (Å²) in [5, 5.41) is 8.05. The SMILES string of the molecule is Cc1nn(-c2ccccc2)c(Cl)c1CN(C(=O)Nc1ccccc1)c1cccc(Br)c1. The first kappa shape index (κ1) is 21.2. The van der Waals surface area contributed by atoms with Crippen molar-refractivity contribution in [1.82, 2.24) is 9.78 Å². The number of para-hydroxylation sites is 2. The summed E-state index contributed by atoms with van der Waals surface area (Å²) in [4.78, 5) is 14.9. The monoisotopic (exact) mass is 494 g/mol. The first-order chi connectivity index (χ1) is 15.0. The predicted octanol–water partition coefficient (Wildman–Crippen LogP) is 6.84. The Balaban J connectivity index is 1.70. The van der Waals surface area contributed by atoms with Crippen molar-refractivity contribution in [3.63, 3.8) is 0 Å². The Morgan fingerprint density at radius 1 is 1.03 bits per heavy atom. The maximum absolute atomic E-state index is 13.3. The van der Waals surface area contributed by atoms with Crippen LogP contribution in [0.15, 0.2) is 89.4 Å². The predicted molar refractivity (Wildman–Crippen MR) is 129 cm³/mol. The summed E-state index contributed by atoms with van der Waals surface area (Å²) in [5.74, 6) is 0. The van der Waals surface area contributed by atoms with Crippen LogP contribution in [0.2, 0.25) is 5.15 Å². The Morgan fingerprint density at radius 2 is 1.71 bits per heavy atom. The molecule has 156 valence electrons. The van der Waals surface area contributed by atoms with Crippen LogP contribution >= 0.6 is 27.5 Å². The van der Waals surface area contributed by atoms with Gasteiger partial charge in [0.15, 0.2) is 0 Å². The Labute approximate surface area is 194 Å². The van der Waals surface area contributed by atoms with Gasteiger partial charge in [0.05, 0.1) is 17.9 Å². The fourth-order valence-electron chi connectivity index (χ4n) is 3.25. The lowest BCUT2D eigenvalue weighted by Gasteiger charge is -2.23. The minimum atomic E-state index is -0.257. The molecule has 0 saturated heterocycles. The number of carbonyl (C=O) groups excluding carboxylic acids is 1. The molecule has 5 nitrogen and oxygen atoms in total. The van der Waals surface area contributed by atoms with Crippen LogP contribution in [0.4, 0.5) is 16.2 Å². The average molecular weight is 496 g/mol. The van der Waals surface area contributed by atoms with Crippen LogP contribution in [0.5, 0.6) is 0 Å². The maximum Gasteiger partial charge on any atom is 0.326 e. The van der Waals surface area contributed by atoms with Gasteiger partial charge in [-0.1, -0.05) is 70.0 Å². The largest absolute Gasteiger partial charge is 0.326 e. The third-order valence-corrected chi connectivity index (χ3v) is 5.71. The van der Waals surface area contributed by atoms with Gasteiger partial charge >= 0.3 is 6.03 Å². The zero-order chi connectivity index (χ0) is 21.8. The van der Waals surface area contributed by atoms with Crippen molar-refractivity contribution in [2.45, 2.75) is 13.5 Å². The van der Waals surface area contributed by atoms with Gasteiger partial charge in [0.1, 0.15) is 5.15 Å². The standard InChI is InChI=1S/C24H20BrClN4O/c1-17-22(23(26)30(28-17)20-12-6-3-7-13-20)16-29(21-14-8-9-18(25)15-21)24(31)27-19-10-4-2-5-11-19/h2-15H,16H2,1H3,(H,27,31). The minimum absolute atomic E-state index is 0.257. The van der Waals surface area contributed by atoms with E-state index in [9.17, 15) is 4.79 Å². The third kappa shape index (κ3) is 4.81. The molecule has 31 heavy (non-hydrogen) atoms. The van der Waals surface area contributed by atoms with Crippen LogP contribution < -0.4 is 10.2 Å². The summed E-state index contributed by atoms with van der Waals surface area (Å²) in [6.07, 6.45) is 0. The molecule has 4 aromatic rings. The number of nitrogens with one attached hydrogen (secondary N) is 1. The van der Waals surface area contributed by atoms with E-state index in [-0.39, 0.29) is 12.6 Å². The quantitative estimate of drug-likeness (QED) is 0.330. The molecule has 7 heteroatoms. The van der Waals surface area contributed by atoms with Crippen molar-refractivity contribution in [1.29, 1.82) is 0 Å². The third-order valence-electron chi connectivity index (χ3n) is 4.83. The van der Waals surface area contributed by atoms with Crippen LogP contribution in [0.25, 0.3) is 5.69 Å². The smallest absolute Gasteiger partial charge is 0.308 e. The van der Waals surface area contributed by atoms with E-state index in [1.165, 1.54) is 0 Å². The highest BCUT2D eigenvalue weighted by molar-refractivity contribution is 9.10. The highest BCUT2D eigenvalue weighted by Crippen LogP contribution is 2.28. The van der Waals surface area contributed by atoms with Crippen molar-refractivity contribution in [3.05, 3.63) is 106 Å². The number of benzene rings is 3. The van der Waals surface area contributed by atoms with Gasteiger partial charge in [-0.05, 0) is 49.4 Å². The number of amides is 2. The van der Waals surface area contributed by atoms with Crippen molar-refractivity contribution in [2.24, 2.45) is 0 Å². The van der Waals surface area contributed by atoms with Gasteiger partial charge in [0.25, 0.3) is 0 Å². The van der Waals surface area contributed by atoms with Gasteiger partial charge in [-0.3, -0.25) is 4.90 Å². The van der Waals surface area contributed by atoms with Crippen molar-refractivity contribution in [2.75, 3.05) is 10.2 Å². The average Bonchev–Trinajstić information content (AvgIpc) is 3.06. The lowest BCUT2D eigenvalue weighted by molar-refractivity contribution is 0.256. The Kier molecular flexibility index (Phi) is 6.39. The van der Waals surface area contributed by atoms with Gasteiger partial charge in [0, 0.05) is 21.4 Å². The zero-order valence-corrected chi connectivity index (χ0v) is 19.1. The molecule has 0 aliphatic heterocycles. The van der Waals surface area contributed by atoms with E-state index in [4.69, 9.17) is 11.6 Å². The van der Waals surface area contributed by atoms with Gasteiger partial charge in [-0.15, -0.1) is 0 Å². The summed E-state index contributed by atoms with van der Waals surface area (Å²) >= 11 is 10.2. The van der Waals surface area contributed by atoms with E-state index in [0.29, 0.717) is 5.15 Å². The highest BCUT2D eigenvalue weighted by Gasteiger charge is 2.22. The summed E-state index contributed by atoms with van der Waals surface area (Å²) in [6, 6.07) is 26.4. The molecule has 0 saturated carbocycles. The van der Waals surface area contributed by atoms with Crippen LogP contribution in [0.3, 0.4) is 0 Å². The van der Waals surface area contributed by atoms with Crippen molar-refractivity contribution >= 4 is 44.9 Å². The minimum Gasteiger partial charge on any atom is -0.308 e. The number of urea groups is 1. The first-order valence-electron chi connectivity index (χ1n) is 9.71. The molecule has 0 fully saturated rings. The highest BCUT2D eigenvalue weighted by atomic mass is 79.9. The van der Waals surface area contributed by atoms with E-state index in [1.54, 1.807) is 9.58 Å². The van der Waals surface area contributed by atoms with Crippen molar-refractivity contribution in [3.8, 4) is 5.69 Å². The molecule has 0 spiro atoms. The number of rotatable bonds is 5. The van der Waals surface area contributed by atoms with Gasteiger partial charge in [0.2, 0.25) is 0 Å². The molecule has 2 amide bonds. The normalized spacial score (nSPS) is 10.7. The van der Waals surface area contributed by atoms with Crippen LogP contribution in [0.1, 0.15) is 11.3 Å². The molecule has 1 aromatic heterocycles. The molecule has 0 radical (unpaired) electrons. The molecule has 0 aliphatic carbocycles. The van der Waals surface area contributed by atoms with E-state index in [2.05, 4.69) is 26.3 Å². The number of nitrogens with zero attached hydrogens (tertiary/aromatic N) is 3.